The van der Waals surface area contributed by atoms with Crippen LogP contribution < -0.4 is 14.2 Å². The van der Waals surface area contributed by atoms with E-state index in [1.54, 1.807) is 24.3 Å². The smallest absolute Gasteiger partial charge is 0.387 e. The van der Waals surface area contributed by atoms with Crippen LogP contribution in [0.5, 0.6) is 17.2 Å². The number of rotatable bonds is 10. The van der Waals surface area contributed by atoms with Gasteiger partial charge < -0.3 is 14.2 Å². The molecule has 0 radical (unpaired) electrons. The van der Waals surface area contributed by atoms with E-state index in [4.69, 9.17) is 4.74 Å². The van der Waals surface area contributed by atoms with Gasteiger partial charge in [-0.3, -0.25) is 4.79 Å². The molecule has 0 spiro atoms. The molecule has 0 unspecified atom stereocenters. The molecular weight excluding hydrogens is 428 g/mol. The summed E-state index contributed by atoms with van der Waals surface area (Å²) in [5.74, 6) is -0.965. The van der Waals surface area contributed by atoms with Crippen LogP contribution in [0, 0.1) is 0 Å². The van der Waals surface area contributed by atoms with Crippen molar-refractivity contribution in [2.45, 2.75) is 19.8 Å². The summed E-state index contributed by atoms with van der Waals surface area (Å²) < 4.78 is 64.2. The van der Waals surface area contributed by atoms with Gasteiger partial charge in [0, 0.05) is 6.07 Å². The average Bonchev–Trinajstić information content (AvgIpc) is 2.77. The quantitative estimate of drug-likeness (QED) is 0.206. The Morgan fingerprint density at radius 2 is 1.47 bits per heavy atom. The molecule has 3 aromatic carbocycles. The second-order valence-electron chi connectivity index (χ2n) is 6.46. The zero-order valence-electron chi connectivity index (χ0n) is 16.6. The molecule has 0 fully saturated rings. The molecule has 0 heterocycles. The molecule has 3 aromatic rings. The molecule has 0 atom stereocenters. The number of alkyl halides is 4. The van der Waals surface area contributed by atoms with Crippen LogP contribution in [0.4, 0.5) is 17.6 Å². The Balaban J connectivity index is 1.67. The molecular formula is C24H18F4O4. The van der Waals surface area contributed by atoms with Crippen LogP contribution in [0.25, 0.3) is 6.08 Å². The van der Waals surface area contributed by atoms with E-state index in [9.17, 15) is 22.4 Å². The molecule has 0 amide bonds. The number of carbonyl (C=O) groups is 1. The van der Waals surface area contributed by atoms with Crippen molar-refractivity contribution >= 4 is 11.9 Å². The Morgan fingerprint density at radius 1 is 0.812 bits per heavy atom. The summed E-state index contributed by atoms with van der Waals surface area (Å²) in [4.78, 5) is 12.5. The SMILES string of the molecule is O=C(/C=C/c1ccc(OCc2ccccc2)cc1)c1ccc(OC(F)F)cc1OC(F)F. The first kappa shape index (κ1) is 22.9. The maximum Gasteiger partial charge on any atom is 0.387 e. The maximum absolute atomic E-state index is 12.7. The first-order valence-corrected chi connectivity index (χ1v) is 9.43. The van der Waals surface area contributed by atoms with E-state index in [0.29, 0.717) is 17.9 Å². The predicted molar refractivity (Wildman–Crippen MR) is 110 cm³/mol. The van der Waals surface area contributed by atoms with Crippen LogP contribution in [-0.2, 0) is 6.61 Å². The summed E-state index contributed by atoms with van der Waals surface area (Å²) in [5.41, 5.74) is 1.47. The number of halogens is 4. The standard InChI is InChI=1S/C24H18F4O4/c25-23(26)31-19-11-12-20(22(14-19)32-24(27)28)21(29)13-8-16-6-9-18(10-7-16)30-15-17-4-2-1-3-5-17/h1-14,23-24H,15H2/b13-8+. The van der Waals surface area contributed by atoms with E-state index in [0.717, 1.165) is 23.8 Å². The van der Waals surface area contributed by atoms with Crippen LogP contribution in [0.15, 0.2) is 78.9 Å². The molecule has 0 saturated carbocycles. The van der Waals surface area contributed by atoms with Gasteiger partial charge in [0.2, 0.25) is 0 Å². The summed E-state index contributed by atoms with van der Waals surface area (Å²) in [6, 6.07) is 19.5. The lowest BCUT2D eigenvalue weighted by molar-refractivity contribution is -0.0544. The van der Waals surface area contributed by atoms with Gasteiger partial charge in [0.25, 0.3) is 0 Å². The first-order chi connectivity index (χ1) is 15.4. The Kier molecular flexibility index (Phi) is 7.85. The average molecular weight is 446 g/mol. The summed E-state index contributed by atoms with van der Waals surface area (Å²) in [7, 11) is 0. The van der Waals surface area contributed by atoms with Crippen molar-refractivity contribution in [3.8, 4) is 17.2 Å². The van der Waals surface area contributed by atoms with E-state index in [-0.39, 0.29) is 5.56 Å². The minimum atomic E-state index is -3.24. The number of allylic oxidation sites excluding steroid dienone is 1. The number of hydrogen-bond acceptors (Lipinski definition) is 4. The van der Waals surface area contributed by atoms with Gasteiger partial charge in [-0.1, -0.05) is 48.5 Å². The van der Waals surface area contributed by atoms with Crippen molar-refractivity contribution in [3.63, 3.8) is 0 Å². The monoisotopic (exact) mass is 446 g/mol. The molecule has 8 heteroatoms. The Labute approximate surface area is 181 Å². The van der Waals surface area contributed by atoms with Gasteiger partial charge in [0.1, 0.15) is 23.9 Å². The van der Waals surface area contributed by atoms with Crippen molar-refractivity contribution in [3.05, 3.63) is 95.6 Å². The van der Waals surface area contributed by atoms with Gasteiger partial charge >= 0.3 is 13.2 Å². The second kappa shape index (κ2) is 11.0. The highest BCUT2D eigenvalue weighted by Gasteiger charge is 2.17. The highest BCUT2D eigenvalue weighted by atomic mass is 19.3. The number of benzene rings is 3. The minimum absolute atomic E-state index is 0.217. The molecule has 4 nitrogen and oxygen atoms in total. The fraction of sp³-hybridized carbons (Fsp3) is 0.125. The summed E-state index contributed by atoms with van der Waals surface area (Å²) in [6.07, 6.45) is 2.65. The largest absolute Gasteiger partial charge is 0.489 e. The highest BCUT2D eigenvalue weighted by molar-refractivity contribution is 6.08. The number of carbonyl (C=O) groups excluding carboxylic acids is 1. The van der Waals surface area contributed by atoms with E-state index < -0.39 is 30.5 Å². The number of ether oxygens (including phenoxy) is 3. The molecule has 0 aliphatic rings. The number of hydrogen-bond donors (Lipinski definition) is 0. The lowest BCUT2D eigenvalue weighted by Crippen LogP contribution is -2.08. The van der Waals surface area contributed by atoms with Crippen molar-refractivity contribution < 1.29 is 36.6 Å². The van der Waals surface area contributed by atoms with E-state index in [2.05, 4.69) is 9.47 Å². The summed E-state index contributed by atoms with van der Waals surface area (Å²) >= 11 is 0. The normalized spacial score (nSPS) is 11.2. The zero-order valence-corrected chi connectivity index (χ0v) is 16.6. The third-order valence-corrected chi connectivity index (χ3v) is 4.22. The summed E-state index contributed by atoms with van der Waals surface area (Å²) in [5, 5.41) is 0. The highest BCUT2D eigenvalue weighted by Crippen LogP contribution is 2.28. The molecule has 3 rings (SSSR count). The molecule has 0 aliphatic carbocycles. The van der Waals surface area contributed by atoms with Crippen molar-refractivity contribution in [2.24, 2.45) is 0 Å². The molecule has 0 aliphatic heterocycles. The van der Waals surface area contributed by atoms with Gasteiger partial charge in [-0.25, -0.2) is 0 Å². The second-order valence-corrected chi connectivity index (χ2v) is 6.46. The van der Waals surface area contributed by atoms with Gasteiger partial charge in [-0.15, -0.1) is 0 Å². The van der Waals surface area contributed by atoms with Crippen molar-refractivity contribution in [2.75, 3.05) is 0 Å². The molecule has 32 heavy (non-hydrogen) atoms. The van der Waals surface area contributed by atoms with Gasteiger partial charge in [0.05, 0.1) is 5.56 Å². The van der Waals surface area contributed by atoms with Gasteiger partial charge in [-0.05, 0) is 41.5 Å². The third kappa shape index (κ3) is 6.87. The van der Waals surface area contributed by atoms with Gasteiger partial charge in [0.15, 0.2) is 5.78 Å². The fourth-order valence-corrected chi connectivity index (χ4v) is 2.75. The molecule has 0 bridgehead atoms. The van der Waals surface area contributed by atoms with E-state index in [1.165, 1.54) is 12.2 Å². The minimum Gasteiger partial charge on any atom is -0.489 e. The lowest BCUT2D eigenvalue weighted by Gasteiger charge is -2.11. The molecule has 0 saturated heterocycles. The maximum atomic E-state index is 12.7. The third-order valence-electron chi connectivity index (χ3n) is 4.22. The van der Waals surface area contributed by atoms with Gasteiger partial charge in [-0.2, -0.15) is 17.6 Å². The Morgan fingerprint density at radius 3 is 2.12 bits per heavy atom. The molecule has 0 N–H and O–H groups in total. The number of ketones is 1. The molecule has 166 valence electrons. The van der Waals surface area contributed by atoms with E-state index in [1.807, 2.05) is 30.3 Å². The van der Waals surface area contributed by atoms with Crippen LogP contribution in [0.3, 0.4) is 0 Å². The predicted octanol–water partition coefficient (Wildman–Crippen LogP) is 6.36. The van der Waals surface area contributed by atoms with Crippen LogP contribution in [0.1, 0.15) is 21.5 Å². The van der Waals surface area contributed by atoms with Crippen molar-refractivity contribution in [1.82, 2.24) is 0 Å². The van der Waals surface area contributed by atoms with Crippen LogP contribution in [-0.4, -0.2) is 19.0 Å². The van der Waals surface area contributed by atoms with Crippen LogP contribution in [0.2, 0.25) is 0 Å². The van der Waals surface area contributed by atoms with E-state index >= 15 is 0 Å². The zero-order chi connectivity index (χ0) is 22.9. The van der Waals surface area contributed by atoms with Crippen LogP contribution >= 0.6 is 0 Å². The lowest BCUT2D eigenvalue weighted by atomic mass is 10.1. The Hall–Kier alpha value is -3.81. The summed E-state index contributed by atoms with van der Waals surface area (Å²) in [6.45, 7) is -5.97. The fourth-order valence-electron chi connectivity index (χ4n) is 2.75. The topological polar surface area (TPSA) is 44.8 Å². The Bertz CT molecular complexity index is 1050. The van der Waals surface area contributed by atoms with Crippen molar-refractivity contribution in [1.29, 1.82) is 0 Å². The first-order valence-electron chi connectivity index (χ1n) is 9.43. The molecule has 0 aromatic heterocycles.